The average Bonchev–Trinajstić information content (AvgIpc) is 2.43. The maximum absolute atomic E-state index is 12.2. The average molecular weight is 273 g/mol. The maximum atomic E-state index is 12.2. The van der Waals surface area contributed by atoms with E-state index in [0.717, 1.165) is 12.0 Å². The summed E-state index contributed by atoms with van der Waals surface area (Å²) < 4.78 is 5.35. The SMILES string of the molecule is C/C=C\CCNC(=O)[C@]1(C)Cc2ccccc2C(=O)O1. The Bertz CT molecular complexity index is 550. The molecule has 0 unspecified atom stereocenters. The van der Waals surface area contributed by atoms with Crippen LogP contribution in [0.4, 0.5) is 0 Å². The summed E-state index contributed by atoms with van der Waals surface area (Å²) in [5.41, 5.74) is 0.281. The number of carbonyl (C=O) groups is 2. The van der Waals surface area contributed by atoms with Crippen LogP contribution in [0.1, 0.15) is 36.2 Å². The first-order valence-corrected chi connectivity index (χ1v) is 6.77. The van der Waals surface area contributed by atoms with Crippen LogP contribution in [0.15, 0.2) is 36.4 Å². The van der Waals surface area contributed by atoms with E-state index in [0.29, 0.717) is 18.5 Å². The second-order valence-corrected chi connectivity index (χ2v) is 5.07. The lowest BCUT2D eigenvalue weighted by molar-refractivity contribution is -0.139. The van der Waals surface area contributed by atoms with E-state index in [4.69, 9.17) is 4.74 Å². The third-order valence-electron chi connectivity index (χ3n) is 3.40. The number of rotatable bonds is 4. The van der Waals surface area contributed by atoms with Gasteiger partial charge in [0.15, 0.2) is 5.60 Å². The minimum Gasteiger partial charge on any atom is -0.445 e. The number of esters is 1. The number of ether oxygens (including phenoxy) is 1. The zero-order valence-corrected chi connectivity index (χ0v) is 11.8. The molecule has 20 heavy (non-hydrogen) atoms. The van der Waals surface area contributed by atoms with Crippen molar-refractivity contribution in [2.75, 3.05) is 6.54 Å². The summed E-state index contributed by atoms with van der Waals surface area (Å²) in [6.07, 6.45) is 5.09. The highest BCUT2D eigenvalue weighted by molar-refractivity contribution is 5.97. The molecule has 0 spiro atoms. The highest BCUT2D eigenvalue weighted by atomic mass is 16.6. The Labute approximate surface area is 118 Å². The Morgan fingerprint density at radius 3 is 2.95 bits per heavy atom. The Morgan fingerprint density at radius 2 is 2.20 bits per heavy atom. The molecule has 2 rings (SSSR count). The standard InChI is InChI=1S/C16H19NO3/c1-3-4-7-10-17-15(19)16(2)11-12-8-5-6-9-13(12)14(18)20-16/h3-6,8-9H,7,10-11H2,1-2H3,(H,17,19)/b4-3-/t16-/m0/s1. The van der Waals surface area contributed by atoms with Crippen LogP contribution >= 0.6 is 0 Å². The topological polar surface area (TPSA) is 55.4 Å². The highest BCUT2D eigenvalue weighted by Crippen LogP contribution is 2.28. The second kappa shape index (κ2) is 5.90. The molecule has 0 bridgehead atoms. The van der Waals surface area contributed by atoms with Crippen LogP contribution in [0.2, 0.25) is 0 Å². The van der Waals surface area contributed by atoms with Crippen molar-refractivity contribution in [3.63, 3.8) is 0 Å². The van der Waals surface area contributed by atoms with Crippen molar-refractivity contribution >= 4 is 11.9 Å². The first-order chi connectivity index (χ1) is 9.57. The number of carbonyl (C=O) groups excluding carboxylic acids is 2. The molecule has 0 saturated heterocycles. The summed E-state index contributed by atoms with van der Waals surface area (Å²) in [5, 5.41) is 2.81. The summed E-state index contributed by atoms with van der Waals surface area (Å²) >= 11 is 0. The third kappa shape index (κ3) is 2.90. The van der Waals surface area contributed by atoms with Gasteiger partial charge in [-0.2, -0.15) is 0 Å². The van der Waals surface area contributed by atoms with Crippen LogP contribution in [-0.4, -0.2) is 24.0 Å². The van der Waals surface area contributed by atoms with Gasteiger partial charge in [-0.25, -0.2) is 4.79 Å². The normalized spacial score (nSPS) is 21.4. The van der Waals surface area contributed by atoms with Crippen LogP contribution in [0.3, 0.4) is 0 Å². The van der Waals surface area contributed by atoms with Gasteiger partial charge in [0, 0.05) is 13.0 Å². The van der Waals surface area contributed by atoms with Gasteiger partial charge in [0.2, 0.25) is 0 Å². The number of nitrogens with one attached hydrogen (secondary N) is 1. The monoisotopic (exact) mass is 273 g/mol. The lowest BCUT2D eigenvalue weighted by Gasteiger charge is -2.33. The second-order valence-electron chi connectivity index (χ2n) is 5.07. The summed E-state index contributed by atoms with van der Waals surface area (Å²) in [7, 11) is 0. The van der Waals surface area contributed by atoms with Gasteiger partial charge >= 0.3 is 5.97 Å². The zero-order chi connectivity index (χ0) is 14.6. The minimum atomic E-state index is -1.12. The van der Waals surface area contributed by atoms with E-state index in [9.17, 15) is 9.59 Å². The van der Waals surface area contributed by atoms with Gasteiger partial charge in [0.05, 0.1) is 5.56 Å². The van der Waals surface area contributed by atoms with Gasteiger partial charge in [0.25, 0.3) is 5.91 Å². The first kappa shape index (κ1) is 14.3. The lowest BCUT2D eigenvalue weighted by Crippen LogP contribution is -2.51. The van der Waals surface area contributed by atoms with E-state index in [-0.39, 0.29) is 5.91 Å². The molecule has 0 fully saturated rings. The van der Waals surface area contributed by atoms with Gasteiger partial charge < -0.3 is 10.1 Å². The molecular formula is C16H19NO3. The fraction of sp³-hybridized carbons (Fsp3) is 0.375. The van der Waals surface area contributed by atoms with Crippen LogP contribution in [0.25, 0.3) is 0 Å². The number of fused-ring (bicyclic) bond motifs is 1. The molecule has 4 nitrogen and oxygen atoms in total. The Balaban J connectivity index is 2.09. The van der Waals surface area contributed by atoms with Crippen molar-refractivity contribution in [1.29, 1.82) is 0 Å². The summed E-state index contributed by atoms with van der Waals surface area (Å²) in [6.45, 7) is 4.13. The largest absolute Gasteiger partial charge is 0.445 e. The third-order valence-corrected chi connectivity index (χ3v) is 3.40. The molecule has 1 atom stereocenters. The van der Waals surface area contributed by atoms with E-state index >= 15 is 0 Å². The fourth-order valence-corrected chi connectivity index (χ4v) is 2.28. The number of amides is 1. The van der Waals surface area contributed by atoms with Crippen molar-refractivity contribution in [3.05, 3.63) is 47.5 Å². The van der Waals surface area contributed by atoms with Crippen molar-refractivity contribution in [2.45, 2.75) is 32.3 Å². The van der Waals surface area contributed by atoms with Crippen molar-refractivity contribution < 1.29 is 14.3 Å². The van der Waals surface area contributed by atoms with Gasteiger partial charge in [-0.1, -0.05) is 30.4 Å². The van der Waals surface area contributed by atoms with Gasteiger partial charge in [0.1, 0.15) is 0 Å². The fourth-order valence-electron chi connectivity index (χ4n) is 2.28. The molecule has 1 N–H and O–H groups in total. The van der Waals surface area contributed by atoms with Crippen LogP contribution in [0.5, 0.6) is 0 Å². The van der Waals surface area contributed by atoms with Crippen LogP contribution in [0, 0.1) is 0 Å². The molecule has 0 saturated carbocycles. The van der Waals surface area contributed by atoms with E-state index < -0.39 is 11.6 Å². The molecule has 1 aliphatic heterocycles. The van der Waals surface area contributed by atoms with Crippen LogP contribution in [-0.2, 0) is 16.0 Å². The smallest absolute Gasteiger partial charge is 0.339 e. The minimum absolute atomic E-state index is 0.246. The summed E-state index contributed by atoms with van der Waals surface area (Å²) in [6, 6.07) is 7.24. The predicted octanol–water partition coefficient (Wildman–Crippen LogP) is 2.24. The first-order valence-electron chi connectivity index (χ1n) is 6.77. The van der Waals surface area contributed by atoms with E-state index in [1.807, 2.05) is 31.2 Å². The zero-order valence-electron chi connectivity index (χ0n) is 11.8. The number of allylic oxidation sites excluding steroid dienone is 1. The van der Waals surface area contributed by atoms with Crippen molar-refractivity contribution in [2.24, 2.45) is 0 Å². The van der Waals surface area contributed by atoms with Gasteiger partial charge in [-0.05, 0) is 31.9 Å². The van der Waals surface area contributed by atoms with Crippen molar-refractivity contribution in [1.82, 2.24) is 5.32 Å². The molecule has 1 aliphatic rings. The molecule has 1 heterocycles. The van der Waals surface area contributed by atoms with E-state index in [2.05, 4.69) is 5.32 Å². The maximum Gasteiger partial charge on any atom is 0.339 e. The van der Waals surface area contributed by atoms with Gasteiger partial charge in [-0.15, -0.1) is 0 Å². The molecule has 0 aliphatic carbocycles. The highest BCUT2D eigenvalue weighted by Gasteiger charge is 2.42. The molecule has 106 valence electrons. The Kier molecular flexibility index (Phi) is 4.23. The van der Waals surface area contributed by atoms with E-state index in [1.54, 1.807) is 19.1 Å². The molecule has 0 aromatic heterocycles. The van der Waals surface area contributed by atoms with E-state index in [1.165, 1.54) is 0 Å². The summed E-state index contributed by atoms with van der Waals surface area (Å²) in [5.74, 6) is -0.678. The lowest BCUT2D eigenvalue weighted by atomic mass is 9.89. The van der Waals surface area contributed by atoms with Gasteiger partial charge in [-0.3, -0.25) is 4.79 Å². The predicted molar refractivity (Wildman–Crippen MR) is 76.4 cm³/mol. The number of benzene rings is 1. The molecule has 4 heteroatoms. The van der Waals surface area contributed by atoms with Crippen molar-refractivity contribution in [3.8, 4) is 0 Å². The molecule has 1 aromatic rings. The Morgan fingerprint density at radius 1 is 1.45 bits per heavy atom. The number of cyclic esters (lactones) is 1. The quantitative estimate of drug-likeness (QED) is 0.520. The van der Waals surface area contributed by atoms with Crippen LogP contribution < -0.4 is 5.32 Å². The molecule has 0 radical (unpaired) electrons. The number of hydrogen-bond acceptors (Lipinski definition) is 3. The molecule has 1 amide bonds. The summed E-state index contributed by atoms with van der Waals surface area (Å²) in [4.78, 5) is 24.2. The number of hydrogen-bond donors (Lipinski definition) is 1. The Hall–Kier alpha value is -2.10. The molecular weight excluding hydrogens is 254 g/mol. The molecule has 1 aromatic carbocycles.